The molecule has 0 amide bonds. The number of aromatic nitrogens is 5. The maximum atomic E-state index is 15.4. The number of hydrogen-bond acceptors (Lipinski definition) is 8. The highest BCUT2D eigenvalue weighted by molar-refractivity contribution is 5.99. The molecule has 10 heteroatoms. The van der Waals surface area contributed by atoms with Gasteiger partial charge in [-0.05, 0) is 55.9 Å². The summed E-state index contributed by atoms with van der Waals surface area (Å²) in [6.45, 7) is 4.15. The van der Waals surface area contributed by atoms with Gasteiger partial charge in [-0.2, -0.15) is 5.10 Å². The van der Waals surface area contributed by atoms with E-state index in [9.17, 15) is 0 Å². The molecule has 1 saturated heterocycles. The van der Waals surface area contributed by atoms with Crippen LogP contribution in [0.2, 0.25) is 0 Å². The normalized spacial score (nSPS) is 17.1. The molecular weight excluding hydrogens is 485 g/mol. The minimum absolute atomic E-state index is 0.0762. The molecule has 1 aliphatic heterocycles. The fraction of sp³-hybridized carbons (Fsp3) is 0.286. The standard InChI is InChI=1S/C28H28FN7O2/c1-17(24-15-37-10-9-35(24)2)38-25-12-18(19-13-33-36(3)14-19)11-23-26(25)28(32-16-31-23)34-22-7-6-21-20(27(22)29)5-4-8-30-21/h4-8,11-14,16-17,24H,9-10,15H2,1-3H3,(H,31,32,34)/t17-,24+/m1/s1. The number of likely N-dealkylation sites (N-methyl/N-ethyl adjacent to an activating group) is 1. The number of rotatable bonds is 6. The molecule has 1 fully saturated rings. The summed E-state index contributed by atoms with van der Waals surface area (Å²) >= 11 is 0. The molecule has 38 heavy (non-hydrogen) atoms. The number of pyridine rings is 1. The first kappa shape index (κ1) is 24.2. The minimum atomic E-state index is -0.397. The zero-order chi connectivity index (χ0) is 26.2. The fourth-order valence-corrected chi connectivity index (χ4v) is 4.90. The lowest BCUT2D eigenvalue weighted by molar-refractivity contribution is -0.0343. The second kappa shape index (κ2) is 9.96. The van der Waals surface area contributed by atoms with Crippen LogP contribution >= 0.6 is 0 Å². The Balaban J connectivity index is 1.46. The molecule has 0 aliphatic carbocycles. The zero-order valence-corrected chi connectivity index (χ0v) is 21.4. The Morgan fingerprint density at radius 1 is 1.11 bits per heavy atom. The van der Waals surface area contributed by atoms with Crippen LogP contribution in [0.5, 0.6) is 5.75 Å². The van der Waals surface area contributed by atoms with Crippen molar-refractivity contribution in [2.75, 3.05) is 32.1 Å². The van der Waals surface area contributed by atoms with Crippen LogP contribution in [-0.4, -0.2) is 68.6 Å². The molecular formula is C28H28FN7O2. The van der Waals surface area contributed by atoms with Gasteiger partial charge in [0.2, 0.25) is 0 Å². The van der Waals surface area contributed by atoms with Gasteiger partial charge in [0.15, 0.2) is 5.82 Å². The predicted molar refractivity (Wildman–Crippen MR) is 144 cm³/mol. The SMILES string of the molecule is C[C@@H](Oc1cc(-c2cnn(C)c2)cc2ncnc(Nc3ccc4ncccc4c3F)c12)[C@@H]1COCCN1C. The van der Waals surface area contributed by atoms with E-state index in [4.69, 9.17) is 9.47 Å². The molecule has 0 unspecified atom stereocenters. The summed E-state index contributed by atoms with van der Waals surface area (Å²) in [5, 5.41) is 8.60. The average molecular weight is 514 g/mol. The van der Waals surface area contributed by atoms with Gasteiger partial charge in [-0.25, -0.2) is 14.4 Å². The number of morpholine rings is 1. The summed E-state index contributed by atoms with van der Waals surface area (Å²) in [6.07, 6.45) is 6.66. The van der Waals surface area contributed by atoms with Crippen molar-refractivity contribution in [2.24, 2.45) is 7.05 Å². The van der Waals surface area contributed by atoms with Crippen LogP contribution in [0.4, 0.5) is 15.9 Å². The molecule has 4 heterocycles. The molecule has 6 rings (SSSR count). The number of hydrogen-bond donors (Lipinski definition) is 1. The average Bonchev–Trinajstić information content (AvgIpc) is 3.37. The number of halogens is 1. The Kier molecular flexibility index (Phi) is 6.34. The first-order valence-electron chi connectivity index (χ1n) is 12.5. The van der Waals surface area contributed by atoms with Crippen LogP contribution in [0, 0.1) is 5.82 Å². The Labute approximate surface area is 219 Å². The number of nitrogens with one attached hydrogen (secondary N) is 1. The second-order valence-corrected chi connectivity index (χ2v) is 9.56. The third-order valence-electron chi connectivity index (χ3n) is 7.01. The molecule has 5 aromatic rings. The van der Waals surface area contributed by atoms with Crippen molar-refractivity contribution in [3.63, 3.8) is 0 Å². The largest absolute Gasteiger partial charge is 0.488 e. The van der Waals surface area contributed by atoms with Gasteiger partial charge >= 0.3 is 0 Å². The van der Waals surface area contributed by atoms with E-state index in [1.165, 1.54) is 6.33 Å². The van der Waals surface area contributed by atoms with Crippen molar-refractivity contribution in [3.05, 3.63) is 67.1 Å². The van der Waals surface area contributed by atoms with Crippen molar-refractivity contribution in [1.29, 1.82) is 0 Å². The maximum absolute atomic E-state index is 15.4. The Morgan fingerprint density at radius 2 is 2.00 bits per heavy atom. The van der Waals surface area contributed by atoms with E-state index in [0.717, 1.165) is 17.7 Å². The summed E-state index contributed by atoms with van der Waals surface area (Å²) in [6, 6.07) is 10.9. The quantitative estimate of drug-likeness (QED) is 0.354. The number of ether oxygens (including phenoxy) is 2. The Hall–Kier alpha value is -4.15. The molecule has 9 nitrogen and oxygen atoms in total. The first-order chi connectivity index (χ1) is 18.5. The maximum Gasteiger partial charge on any atom is 0.156 e. The highest BCUT2D eigenvalue weighted by Gasteiger charge is 2.28. The number of fused-ring (bicyclic) bond motifs is 2. The molecule has 0 spiro atoms. The molecule has 0 saturated carbocycles. The van der Waals surface area contributed by atoms with Crippen LogP contribution in [-0.2, 0) is 11.8 Å². The van der Waals surface area contributed by atoms with E-state index in [0.29, 0.717) is 52.3 Å². The number of nitrogens with zero attached hydrogens (tertiary/aromatic N) is 6. The molecule has 2 atom stereocenters. The van der Waals surface area contributed by atoms with Crippen molar-refractivity contribution >= 4 is 33.3 Å². The van der Waals surface area contributed by atoms with Gasteiger partial charge in [-0.1, -0.05) is 0 Å². The van der Waals surface area contributed by atoms with Crippen molar-refractivity contribution in [1.82, 2.24) is 29.6 Å². The minimum Gasteiger partial charge on any atom is -0.488 e. The third-order valence-corrected chi connectivity index (χ3v) is 7.01. The van der Waals surface area contributed by atoms with E-state index < -0.39 is 5.82 Å². The molecule has 0 bridgehead atoms. The number of anilines is 2. The smallest absolute Gasteiger partial charge is 0.156 e. The monoisotopic (exact) mass is 513 g/mol. The highest BCUT2D eigenvalue weighted by atomic mass is 19.1. The fourth-order valence-electron chi connectivity index (χ4n) is 4.90. The number of aryl methyl sites for hydroxylation is 1. The van der Waals surface area contributed by atoms with E-state index in [-0.39, 0.29) is 12.1 Å². The van der Waals surface area contributed by atoms with Gasteiger partial charge in [0, 0.05) is 36.9 Å². The van der Waals surface area contributed by atoms with Crippen molar-refractivity contribution in [2.45, 2.75) is 19.1 Å². The summed E-state index contributed by atoms with van der Waals surface area (Å²) in [5.74, 6) is 0.648. The van der Waals surface area contributed by atoms with Gasteiger partial charge in [0.1, 0.15) is 24.0 Å². The van der Waals surface area contributed by atoms with Gasteiger partial charge in [-0.3, -0.25) is 14.6 Å². The van der Waals surface area contributed by atoms with E-state index in [2.05, 4.69) is 37.3 Å². The Bertz CT molecular complexity index is 1620. The number of benzene rings is 2. The van der Waals surface area contributed by atoms with E-state index >= 15 is 4.39 Å². The molecule has 2 aromatic carbocycles. The van der Waals surface area contributed by atoms with Crippen molar-refractivity contribution < 1.29 is 13.9 Å². The van der Waals surface area contributed by atoms with E-state index in [1.807, 2.05) is 32.3 Å². The van der Waals surface area contributed by atoms with E-state index in [1.54, 1.807) is 41.3 Å². The lowest BCUT2D eigenvalue weighted by Crippen LogP contribution is -2.50. The molecule has 1 N–H and O–H groups in total. The van der Waals surface area contributed by atoms with Gasteiger partial charge in [-0.15, -0.1) is 0 Å². The third kappa shape index (κ3) is 4.52. The van der Waals surface area contributed by atoms with Gasteiger partial charge in [0.05, 0.1) is 47.6 Å². The summed E-state index contributed by atoms with van der Waals surface area (Å²) in [4.78, 5) is 15.5. The van der Waals surface area contributed by atoms with Crippen LogP contribution in [0.15, 0.2) is 61.3 Å². The van der Waals surface area contributed by atoms with Crippen molar-refractivity contribution in [3.8, 4) is 16.9 Å². The topological polar surface area (TPSA) is 90.2 Å². The van der Waals surface area contributed by atoms with Crippen LogP contribution in [0.3, 0.4) is 0 Å². The molecule has 194 valence electrons. The Morgan fingerprint density at radius 3 is 2.82 bits per heavy atom. The molecule has 1 aliphatic rings. The summed E-state index contributed by atoms with van der Waals surface area (Å²) in [5.41, 5.74) is 3.39. The van der Waals surface area contributed by atoms with Crippen LogP contribution in [0.1, 0.15) is 6.92 Å². The first-order valence-corrected chi connectivity index (χ1v) is 12.5. The van der Waals surface area contributed by atoms with Gasteiger partial charge in [0.25, 0.3) is 0 Å². The highest BCUT2D eigenvalue weighted by Crippen LogP contribution is 2.38. The lowest BCUT2D eigenvalue weighted by atomic mass is 10.0. The summed E-state index contributed by atoms with van der Waals surface area (Å²) in [7, 11) is 3.95. The zero-order valence-electron chi connectivity index (χ0n) is 21.4. The summed E-state index contributed by atoms with van der Waals surface area (Å²) < 4.78 is 29.5. The molecule has 3 aromatic heterocycles. The molecule has 0 radical (unpaired) electrons. The van der Waals surface area contributed by atoms with Gasteiger partial charge < -0.3 is 14.8 Å². The van der Waals surface area contributed by atoms with Crippen LogP contribution in [0.25, 0.3) is 32.9 Å². The second-order valence-electron chi connectivity index (χ2n) is 9.56. The van der Waals surface area contributed by atoms with Crippen LogP contribution < -0.4 is 10.1 Å². The lowest BCUT2D eigenvalue weighted by Gasteiger charge is -2.36. The predicted octanol–water partition coefficient (Wildman–Crippen LogP) is 4.56.